The average Bonchev–Trinajstić information content (AvgIpc) is 2.77. The first-order valence-corrected chi connectivity index (χ1v) is 8.10. The van der Waals surface area contributed by atoms with E-state index in [0.29, 0.717) is 24.0 Å². The van der Waals surface area contributed by atoms with Crippen LogP contribution in [0.2, 0.25) is 0 Å². The minimum Gasteiger partial charge on any atom is -0.338 e. The molecule has 108 valence electrons. The lowest BCUT2D eigenvalue weighted by Gasteiger charge is -2.29. The van der Waals surface area contributed by atoms with Gasteiger partial charge in [-0.05, 0) is 44.4 Å². The third-order valence-electron chi connectivity index (χ3n) is 5.06. The van der Waals surface area contributed by atoms with Crippen LogP contribution in [0.3, 0.4) is 0 Å². The Morgan fingerprint density at radius 3 is 2.37 bits per heavy atom. The fraction of sp³-hybridized carbons (Fsp3) is 0.933. The lowest BCUT2D eigenvalue weighted by atomic mass is 9.92. The quantitative estimate of drug-likeness (QED) is 0.732. The minimum absolute atomic E-state index is 0.0535. The Hall–Kier alpha value is -0.770. The number of hydrogen-bond acceptors (Lipinski definition) is 2. The average molecular weight is 265 g/mol. The number of carbonyl (C=O) groups is 1. The monoisotopic (exact) mass is 265 g/mol. The van der Waals surface area contributed by atoms with Gasteiger partial charge in [-0.15, -0.1) is 0 Å². The van der Waals surface area contributed by atoms with E-state index in [0.717, 1.165) is 19.4 Å². The lowest BCUT2D eigenvalue weighted by Crippen LogP contribution is -2.46. The van der Waals surface area contributed by atoms with E-state index in [1.165, 1.54) is 44.9 Å². The van der Waals surface area contributed by atoms with Gasteiger partial charge in [0.05, 0.1) is 0 Å². The van der Waals surface area contributed by atoms with E-state index < -0.39 is 0 Å². The van der Waals surface area contributed by atoms with Gasteiger partial charge in [0.25, 0.3) is 0 Å². The van der Waals surface area contributed by atoms with Crippen molar-refractivity contribution in [2.24, 2.45) is 5.92 Å². The van der Waals surface area contributed by atoms with E-state index >= 15 is 0 Å². The van der Waals surface area contributed by atoms with E-state index in [9.17, 15) is 4.79 Å². The van der Waals surface area contributed by atoms with Crippen LogP contribution in [-0.2, 0) is 0 Å². The number of fused-ring (bicyclic) bond motifs is 2. The molecule has 1 saturated carbocycles. The molecule has 0 aromatic carbocycles. The summed E-state index contributed by atoms with van der Waals surface area (Å²) in [4.78, 5) is 11.9. The molecule has 2 atom stereocenters. The van der Waals surface area contributed by atoms with Gasteiger partial charge < -0.3 is 16.0 Å². The molecule has 4 heteroatoms. The van der Waals surface area contributed by atoms with Gasteiger partial charge in [0.1, 0.15) is 0 Å². The van der Waals surface area contributed by atoms with Crippen LogP contribution in [0, 0.1) is 5.92 Å². The summed E-state index contributed by atoms with van der Waals surface area (Å²) >= 11 is 0. The molecule has 2 bridgehead atoms. The number of amides is 2. The number of rotatable bonds is 3. The molecule has 3 aliphatic rings. The molecule has 2 heterocycles. The van der Waals surface area contributed by atoms with E-state index in [1.54, 1.807) is 0 Å². The second kappa shape index (κ2) is 6.12. The lowest BCUT2D eigenvalue weighted by molar-refractivity contribution is 0.225. The largest absolute Gasteiger partial charge is 0.338 e. The van der Waals surface area contributed by atoms with Crippen LogP contribution in [-0.4, -0.2) is 30.7 Å². The normalized spacial score (nSPS) is 35.1. The van der Waals surface area contributed by atoms with Crippen molar-refractivity contribution >= 4 is 6.03 Å². The maximum absolute atomic E-state index is 11.9. The fourth-order valence-corrected chi connectivity index (χ4v) is 4.06. The van der Waals surface area contributed by atoms with Crippen LogP contribution in [0.1, 0.15) is 57.8 Å². The van der Waals surface area contributed by atoms with Crippen molar-refractivity contribution in [3.63, 3.8) is 0 Å². The van der Waals surface area contributed by atoms with E-state index in [4.69, 9.17) is 0 Å². The van der Waals surface area contributed by atoms with Crippen molar-refractivity contribution in [3.05, 3.63) is 0 Å². The highest BCUT2D eigenvalue weighted by atomic mass is 16.2. The molecule has 2 aliphatic heterocycles. The van der Waals surface area contributed by atoms with Gasteiger partial charge in [0.2, 0.25) is 0 Å². The molecule has 0 spiro atoms. The molecule has 2 unspecified atom stereocenters. The van der Waals surface area contributed by atoms with Crippen LogP contribution in [0.4, 0.5) is 4.79 Å². The summed E-state index contributed by atoms with van der Waals surface area (Å²) in [5.74, 6) is 0.677. The molecule has 2 saturated heterocycles. The van der Waals surface area contributed by atoms with Gasteiger partial charge in [0.15, 0.2) is 0 Å². The van der Waals surface area contributed by atoms with Gasteiger partial charge in [-0.2, -0.15) is 0 Å². The molecule has 4 nitrogen and oxygen atoms in total. The van der Waals surface area contributed by atoms with Crippen molar-refractivity contribution in [3.8, 4) is 0 Å². The molecule has 2 amide bonds. The molecule has 0 aromatic rings. The SMILES string of the molecule is O=C(NCC1CC2CCC(C1)N2)NC1CCCCC1. The predicted molar refractivity (Wildman–Crippen MR) is 76.1 cm³/mol. The summed E-state index contributed by atoms with van der Waals surface area (Å²) in [5.41, 5.74) is 0. The fourth-order valence-electron chi connectivity index (χ4n) is 4.06. The number of hydrogen-bond donors (Lipinski definition) is 3. The second-order valence-corrected chi connectivity index (χ2v) is 6.66. The Labute approximate surface area is 116 Å². The highest BCUT2D eigenvalue weighted by Gasteiger charge is 2.33. The summed E-state index contributed by atoms with van der Waals surface area (Å²) in [6.45, 7) is 0.854. The van der Waals surface area contributed by atoms with Crippen molar-refractivity contribution in [1.29, 1.82) is 0 Å². The Morgan fingerprint density at radius 2 is 1.68 bits per heavy atom. The maximum atomic E-state index is 11.9. The van der Waals surface area contributed by atoms with Gasteiger partial charge in [0, 0.05) is 24.7 Å². The number of nitrogens with one attached hydrogen (secondary N) is 3. The van der Waals surface area contributed by atoms with Gasteiger partial charge in [-0.25, -0.2) is 4.79 Å². The zero-order valence-electron chi connectivity index (χ0n) is 11.8. The van der Waals surface area contributed by atoms with Crippen molar-refractivity contribution < 1.29 is 4.79 Å². The zero-order valence-corrected chi connectivity index (χ0v) is 11.8. The molecule has 0 radical (unpaired) electrons. The molecule has 3 N–H and O–H groups in total. The predicted octanol–water partition coefficient (Wildman–Crippen LogP) is 2.15. The van der Waals surface area contributed by atoms with Crippen LogP contribution in [0.5, 0.6) is 0 Å². The molecule has 3 fully saturated rings. The first kappa shape index (κ1) is 13.2. The standard InChI is InChI=1S/C15H27N3O/c19-15(18-12-4-2-1-3-5-12)16-10-11-8-13-6-7-14(9-11)17-13/h11-14,17H,1-10H2,(H2,16,18,19). The summed E-state index contributed by atoms with van der Waals surface area (Å²) in [7, 11) is 0. The number of urea groups is 1. The van der Waals surface area contributed by atoms with Crippen molar-refractivity contribution in [2.45, 2.75) is 75.9 Å². The number of piperidine rings is 1. The van der Waals surface area contributed by atoms with Crippen molar-refractivity contribution in [1.82, 2.24) is 16.0 Å². The molecule has 19 heavy (non-hydrogen) atoms. The molecule has 1 aliphatic carbocycles. The maximum Gasteiger partial charge on any atom is 0.315 e. The van der Waals surface area contributed by atoms with E-state index in [2.05, 4.69) is 16.0 Å². The van der Waals surface area contributed by atoms with E-state index in [1.807, 2.05) is 0 Å². The Kier molecular flexibility index (Phi) is 4.26. The van der Waals surface area contributed by atoms with Crippen molar-refractivity contribution in [2.75, 3.05) is 6.54 Å². The Bertz CT molecular complexity index is 303. The smallest absolute Gasteiger partial charge is 0.315 e. The van der Waals surface area contributed by atoms with Gasteiger partial charge >= 0.3 is 6.03 Å². The Balaban J connectivity index is 1.36. The van der Waals surface area contributed by atoms with Gasteiger partial charge in [-0.3, -0.25) is 0 Å². The highest BCUT2D eigenvalue weighted by molar-refractivity contribution is 5.74. The van der Waals surface area contributed by atoms with Gasteiger partial charge in [-0.1, -0.05) is 19.3 Å². The molecule has 0 aromatic heterocycles. The summed E-state index contributed by atoms with van der Waals surface area (Å²) < 4.78 is 0. The molecule has 3 rings (SSSR count). The zero-order chi connectivity index (χ0) is 13.1. The first-order valence-electron chi connectivity index (χ1n) is 8.10. The molecular weight excluding hydrogens is 238 g/mol. The highest BCUT2D eigenvalue weighted by Crippen LogP contribution is 2.30. The summed E-state index contributed by atoms with van der Waals surface area (Å²) in [6.07, 6.45) is 11.3. The Morgan fingerprint density at radius 1 is 1.00 bits per heavy atom. The third kappa shape index (κ3) is 3.62. The second-order valence-electron chi connectivity index (χ2n) is 6.66. The van der Waals surface area contributed by atoms with Crippen LogP contribution < -0.4 is 16.0 Å². The van der Waals surface area contributed by atoms with E-state index in [-0.39, 0.29) is 6.03 Å². The summed E-state index contributed by atoms with van der Waals surface area (Å²) in [5, 5.41) is 9.87. The molecular formula is C15H27N3O. The first-order chi connectivity index (χ1) is 9.29. The van der Waals surface area contributed by atoms with Crippen LogP contribution in [0.15, 0.2) is 0 Å². The minimum atomic E-state index is 0.0535. The summed E-state index contributed by atoms with van der Waals surface area (Å²) in [6, 6.07) is 1.90. The van der Waals surface area contributed by atoms with Crippen LogP contribution in [0.25, 0.3) is 0 Å². The van der Waals surface area contributed by atoms with Crippen LogP contribution >= 0.6 is 0 Å². The number of carbonyl (C=O) groups excluding carboxylic acids is 1. The third-order valence-corrected chi connectivity index (χ3v) is 5.06. The topological polar surface area (TPSA) is 53.2 Å².